The zero-order valence-electron chi connectivity index (χ0n) is 14.7. The van der Waals surface area contributed by atoms with E-state index in [-0.39, 0.29) is 12.0 Å². The highest BCUT2D eigenvalue weighted by atomic mass is 16.5. The number of ether oxygens (including phenoxy) is 1. The van der Waals surface area contributed by atoms with Crippen LogP contribution < -0.4 is 10.6 Å². The molecule has 1 saturated heterocycles. The number of hydrogen-bond donors (Lipinski definition) is 2. The molecule has 0 spiro atoms. The van der Waals surface area contributed by atoms with Crippen LogP contribution in [-0.2, 0) is 11.3 Å². The van der Waals surface area contributed by atoms with Crippen LogP contribution in [-0.4, -0.2) is 40.1 Å². The van der Waals surface area contributed by atoms with Crippen molar-refractivity contribution in [2.24, 2.45) is 0 Å². The van der Waals surface area contributed by atoms with Crippen LogP contribution in [0.5, 0.6) is 0 Å². The first-order valence-corrected chi connectivity index (χ1v) is 8.76. The Kier molecular flexibility index (Phi) is 5.78. The average Bonchev–Trinajstić information content (AvgIpc) is 3.11. The van der Waals surface area contributed by atoms with Gasteiger partial charge >= 0.3 is 0 Å². The van der Waals surface area contributed by atoms with E-state index in [0.717, 1.165) is 37.2 Å². The van der Waals surface area contributed by atoms with E-state index < -0.39 is 0 Å². The molecule has 0 unspecified atom stereocenters. The fraction of sp³-hybridized carbons (Fsp3) is 0.500. The molecule has 1 aliphatic rings. The molecule has 1 fully saturated rings. The van der Waals surface area contributed by atoms with Gasteiger partial charge in [-0.3, -0.25) is 4.79 Å². The maximum Gasteiger partial charge on any atom is 0.277 e. The van der Waals surface area contributed by atoms with Crippen LogP contribution in [0.4, 0.5) is 5.69 Å². The number of carbonyl (C=O) groups is 1. The van der Waals surface area contributed by atoms with E-state index in [0.29, 0.717) is 18.3 Å². The van der Waals surface area contributed by atoms with E-state index in [9.17, 15) is 4.79 Å². The molecule has 134 valence electrons. The maximum atomic E-state index is 12.4. The number of amides is 1. The highest BCUT2D eigenvalue weighted by molar-refractivity contribution is 6.02. The second-order valence-electron chi connectivity index (χ2n) is 6.58. The number of hydrogen-bond acceptors (Lipinski definition) is 5. The monoisotopic (exact) mass is 343 g/mol. The van der Waals surface area contributed by atoms with Gasteiger partial charge in [0.25, 0.3) is 5.91 Å². The zero-order valence-corrected chi connectivity index (χ0v) is 14.7. The van der Waals surface area contributed by atoms with E-state index >= 15 is 0 Å². The number of aromatic nitrogens is 3. The molecule has 7 nitrogen and oxygen atoms in total. The highest BCUT2D eigenvalue weighted by Gasteiger charge is 2.18. The van der Waals surface area contributed by atoms with E-state index in [2.05, 4.69) is 20.9 Å². The SMILES string of the molecule is CC(C)OCc1cccc(NC(=O)c2cn(C3CCNCC3)nn2)c1. The van der Waals surface area contributed by atoms with Crippen LogP contribution in [0.15, 0.2) is 30.5 Å². The van der Waals surface area contributed by atoms with Gasteiger partial charge in [0.05, 0.1) is 24.9 Å². The molecule has 2 heterocycles. The number of anilines is 1. The minimum atomic E-state index is -0.248. The number of piperidine rings is 1. The quantitative estimate of drug-likeness (QED) is 0.842. The average molecular weight is 343 g/mol. The zero-order chi connectivity index (χ0) is 17.6. The third kappa shape index (κ3) is 4.87. The molecular formula is C18H25N5O2. The molecule has 0 bridgehead atoms. The molecule has 0 radical (unpaired) electrons. The van der Waals surface area contributed by atoms with Gasteiger partial charge in [-0.2, -0.15) is 0 Å². The number of rotatable bonds is 6. The summed E-state index contributed by atoms with van der Waals surface area (Å²) >= 11 is 0. The summed E-state index contributed by atoms with van der Waals surface area (Å²) in [4.78, 5) is 12.4. The van der Waals surface area contributed by atoms with Gasteiger partial charge in [-0.05, 0) is 57.5 Å². The predicted molar refractivity (Wildman–Crippen MR) is 95.5 cm³/mol. The summed E-state index contributed by atoms with van der Waals surface area (Å²) in [6.07, 6.45) is 3.91. The Balaban J connectivity index is 1.62. The van der Waals surface area contributed by atoms with Gasteiger partial charge in [-0.15, -0.1) is 5.10 Å². The molecule has 1 aromatic heterocycles. The standard InChI is InChI=1S/C18H25N5O2/c1-13(2)25-12-14-4-3-5-15(10-14)20-18(24)17-11-23(22-21-17)16-6-8-19-9-7-16/h3-5,10-11,13,16,19H,6-9,12H2,1-2H3,(H,20,24). The van der Waals surface area contributed by atoms with Crippen molar-refractivity contribution in [3.05, 3.63) is 41.7 Å². The van der Waals surface area contributed by atoms with E-state index in [1.165, 1.54) is 0 Å². The largest absolute Gasteiger partial charge is 0.374 e. The first kappa shape index (κ1) is 17.6. The van der Waals surface area contributed by atoms with E-state index in [1.54, 1.807) is 6.20 Å². The molecule has 0 aliphatic carbocycles. The topological polar surface area (TPSA) is 81.1 Å². The number of benzene rings is 1. The Hall–Kier alpha value is -2.25. The predicted octanol–water partition coefficient (Wildman–Crippen LogP) is 2.38. The summed E-state index contributed by atoms with van der Waals surface area (Å²) in [7, 11) is 0. The van der Waals surface area contributed by atoms with Crippen LogP contribution in [0.3, 0.4) is 0 Å². The van der Waals surface area contributed by atoms with Gasteiger partial charge in [0.1, 0.15) is 0 Å². The third-order valence-electron chi connectivity index (χ3n) is 4.19. The normalized spacial score (nSPS) is 15.5. The molecule has 7 heteroatoms. The lowest BCUT2D eigenvalue weighted by Gasteiger charge is -2.22. The van der Waals surface area contributed by atoms with Crippen molar-refractivity contribution in [3.63, 3.8) is 0 Å². The molecule has 1 amide bonds. The van der Waals surface area contributed by atoms with Gasteiger partial charge < -0.3 is 15.4 Å². The molecule has 2 N–H and O–H groups in total. The second-order valence-corrected chi connectivity index (χ2v) is 6.58. The number of nitrogens with zero attached hydrogens (tertiary/aromatic N) is 3. The highest BCUT2D eigenvalue weighted by Crippen LogP contribution is 2.18. The molecule has 2 aromatic rings. The molecule has 25 heavy (non-hydrogen) atoms. The molecular weight excluding hydrogens is 318 g/mol. The molecule has 1 aliphatic heterocycles. The van der Waals surface area contributed by atoms with Crippen molar-refractivity contribution < 1.29 is 9.53 Å². The Morgan fingerprint density at radius 1 is 1.40 bits per heavy atom. The Labute approximate surface area is 147 Å². The summed E-state index contributed by atoms with van der Waals surface area (Å²) in [6.45, 7) is 6.45. The van der Waals surface area contributed by atoms with Crippen molar-refractivity contribution in [3.8, 4) is 0 Å². The van der Waals surface area contributed by atoms with Crippen LogP contribution >= 0.6 is 0 Å². The fourth-order valence-corrected chi connectivity index (χ4v) is 2.83. The minimum absolute atomic E-state index is 0.170. The van der Waals surface area contributed by atoms with Crippen molar-refractivity contribution in [2.75, 3.05) is 18.4 Å². The Morgan fingerprint density at radius 3 is 2.96 bits per heavy atom. The molecule has 3 rings (SSSR count). The number of carbonyl (C=O) groups excluding carboxylic acids is 1. The molecule has 1 aromatic carbocycles. The van der Waals surface area contributed by atoms with Crippen molar-refractivity contribution in [1.29, 1.82) is 0 Å². The lowest BCUT2D eigenvalue weighted by atomic mass is 10.1. The first-order valence-electron chi connectivity index (χ1n) is 8.76. The number of nitrogens with one attached hydrogen (secondary N) is 2. The summed E-state index contributed by atoms with van der Waals surface area (Å²) in [5.41, 5.74) is 2.08. The first-order chi connectivity index (χ1) is 12.1. The summed E-state index contributed by atoms with van der Waals surface area (Å²) in [5, 5.41) is 14.4. The lowest BCUT2D eigenvalue weighted by Crippen LogP contribution is -2.29. The van der Waals surface area contributed by atoms with E-state index in [1.807, 2.05) is 42.8 Å². The van der Waals surface area contributed by atoms with Crippen molar-refractivity contribution in [1.82, 2.24) is 20.3 Å². The van der Waals surface area contributed by atoms with Gasteiger partial charge in [0, 0.05) is 5.69 Å². The summed E-state index contributed by atoms with van der Waals surface area (Å²) < 4.78 is 7.41. The fourth-order valence-electron chi connectivity index (χ4n) is 2.83. The summed E-state index contributed by atoms with van der Waals surface area (Å²) in [6, 6.07) is 7.96. The third-order valence-corrected chi connectivity index (χ3v) is 4.19. The van der Waals surface area contributed by atoms with Crippen LogP contribution in [0.2, 0.25) is 0 Å². The second kappa shape index (κ2) is 8.22. The Bertz CT molecular complexity index is 707. The van der Waals surface area contributed by atoms with Crippen molar-refractivity contribution >= 4 is 11.6 Å². The summed E-state index contributed by atoms with van der Waals surface area (Å²) in [5.74, 6) is -0.248. The van der Waals surface area contributed by atoms with Crippen molar-refractivity contribution in [2.45, 2.75) is 45.4 Å². The van der Waals surface area contributed by atoms with Gasteiger partial charge in [-0.25, -0.2) is 4.68 Å². The van der Waals surface area contributed by atoms with Crippen LogP contribution in [0.25, 0.3) is 0 Å². The molecule has 0 atom stereocenters. The molecule has 0 saturated carbocycles. The maximum absolute atomic E-state index is 12.4. The van der Waals surface area contributed by atoms with E-state index in [4.69, 9.17) is 4.74 Å². The van der Waals surface area contributed by atoms with Gasteiger partial charge in [-0.1, -0.05) is 17.3 Å². The van der Waals surface area contributed by atoms with Gasteiger partial charge in [0.2, 0.25) is 0 Å². The Morgan fingerprint density at radius 2 is 2.20 bits per heavy atom. The minimum Gasteiger partial charge on any atom is -0.374 e. The van der Waals surface area contributed by atoms with Crippen LogP contribution in [0.1, 0.15) is 48.8 Å². The smallest absolute Gasteiger partial charge is 0.277 e. The van der Waals surface area contributed by atoms with Gasteiger partial charge in [0.15, 0.2) is 5.69 Å². The van der Waals surface area contributed by atoms with Crippen LogP contribution in [0, 0.1) is 0 Å². The lowest BCUT2D eigenvalue weighted by molar-refractivity contribution is 0.0657.